The minimum Gasteiger partial charge on any atom is -0.232 e. The SMILES string of the molecule is Fc1cccc(F)c1-c1cc(Cl)nc(C2CC2)n1. The van der Waals surface area contributed by atoms with Crippen molar-refractivity contribution >= 4 is 11.6 Å². The molecule has 1 aliphatic rings. The molecule has 0 radical (unpaired) electrons. The first kappa shape index (κ1) is 11.5. The van der Waals surface area contributed by atoms with Crippen LogP contribution in [0, 0.1) is 11.6 Å². The van der Waals surface area contributed by atoms with E-state index < -0.39 is 11.6 Å². The number of hydrogen-bond donors (Lipinski definition) is 0. The highest BCUT2D eigenvalue weighted by Crippen LogP contribution is 2.39. The molecule has 0 unspecified atom stereocenters. The number of nitrogens with zero attached hydrogens (tertiary/aromatic N) is 2. The van der Waals surface area contributed by atoms with E-state index in [0.29, 0.717) is 5.82 Å². The first-order valence-electron chi connectivity index (χ1n) is 5.64. The number of halogens is 3. The number of benzene rings is 1. The van der Waals surface area contributed by atoms with Crippen molar-refractivity contribution in [3.63, 3.8) is 0 Å². The van der Waals surface area contributed by atoms with Gasteiger partial charge < -0.3 is 0 Å². The fourth-order valence-corrected chi connectivity index (χ4v) is 2.02. The average Bonchev–Trinajstić information content (AvgIpc) is 3.11. The summed E-state index contributed by atoms with van der Waals surface area (Å²) in [5, 5.41) is 0.213. The zero-order chi connectivity index (χ0) is 12.7. The predicted molar refractivity (Wildman–Crippen MR) is 64.4 cm³/mol. The Kier molecular flexibility index (Phi) is 2.74. The maximum absolute atomic E-state index is 13.7. The van der Waals surface area contributed by atoms with Crippen molar-refractivity contribution in [2.75, 3.05) is 0 Å². The van der Waals surface area contributed by atoms with E-state index in [1.54, 1.807) is 0 Å². The van der Waals surface area contributed by atoms with E-state index >= 15 is 0 Å². The van der Waals surface area contributed by atoms with E-state index in [1.807, 2.05) is 0 Å². The molecule has 92 valence electrons. The molecule has 0 saturated heterocycles. The Morgan fingerprint density at radius 2 is 1.78 bits per heavy atom. The first-order chi connectivity index (χ1) is 8.65. The number of aromatic nitrogens is 2. The lowest BCUT2D eigenvalue weighted by molar-refractivity contribution is 0.588. The van der Waals surface area contributed by atoms with E-state index in [4.69, 9.17) is 11.6 Å². The van der Waals surface area contributed by atoms with Crippen LogP contribution < -0.4 is 0 Å². The monoisotopic (exact) mass is 266 g/mol. The van der Waals surface area contributed by atoms with Gasteiger partial charge in [0.05, 0.1) is 11.3 Å². The number of rotatable bonds is 2. The maximum Gasteiger partial charge on any atom is 0.135 e. The van der Waals surface area contributed by atoms with Gasteiger partial charge in [-0.05, 0) is 25.0 Å². The maximum atomic E-state index is 13.7. The molecular formula is C13H9ClF2N2. The third-order valence-corrected chi connectivity index (χ3v) is 3.07. The molecule has 0 spiro atoms. The Labute approximate surface area is 108 Å². The minimum absolute atomic E-state index is 0.149. The van der Waals surface area contributed by atoms with Gasteiger partial charge in [0, 0.05) is 12.0 Å². The van der Waals surface area contributed by atoms with Crippen molar-refractivity contribution in [1.29, 1.82) is 0 Å². The van der Waals surface area contributed by atoms with Crippen LogP contribution in [-0.2, 0) is 0 Å². The summed E-state index contributed by atoms with van der Waals surface area (Å²) in [6.45, 7) is 0. The van der Waals surface area contributed by atoms with Gasteiger partial charge in [-0.15, -0.1) is 0 Å². The minimum atomic E-state index is -0.647. The molecule has 1 fully saturated rings. The summed E-state index contributed by atoms with van der Waals surface area (Å²) in [6.07, 6.45) is 2.00. The lowest BCUT2D eigenvalue weighted by Crippen LogP contribution is -1.98. The van der Waals surface area contributed by atoms with E-state index in [-0.39, 0.29) is 22.3 Å². The Morgan fingerprint density at radius 3 is 2.39 bits per heavy atom. The zero-order valence-corrected chi connectivity index (χ0v) is 10.1. The van der Waals surface area contributed by atoms with Gasteiger partial charge in [-0.1, -0.05) is 17.7 Å². The largest absolute Gasteiger partial charge is 0.232 e. The summed E-state index contributed by atoms with van der Waals surface area (Å²) in [5.74, 6) is -0.449. The van der Waals surface area contributed by atoms with Crippen LogP contribution in [-0.4, -0.2) is 9.97 Å². The molecule has 1 heterocycles. The summed E-state index contributed by atoms with van der Waals surface area (Å²) < 4.78 is 27.3. The first-order valence-corrected chi connectivity index (χ1v) is 6.02. The van der Waals surface area contributed by atoms with Crippen LogP contribution in [0.5, 0.6) is 0 Å². The van der Waals surface area contributed by atoms with Crippen molar-refractivity contribution in [2.45, 2.75) is 18.8 Å². The Hall–Kier alpha value is -1.55. The number of hydrogen-bond acceptors (Lipinski definition) is 2. The van der Waals surface area contributed by atoms with Crippen LogP contribution in [0.1, 0.15) is 24.6 Å². The van der Waals surface area contributed by atoms with Crippen LogP contribution in [0.2, 0.25) is 5.15 Å². The molecule has 0 bridgehead atoms. The third-order valence-electron chi connectivity index (χ3n) is 2.87. The Balaban J connectivity index is 2.16. The van der Waals surface area contributed by atoms with Crippen LogP contribution in [0.15, 0.2) is 24.3 Å². The van der Waals surface area contributed by atoms with E-state index in [2.05, 4.69) is 9.97 Å². The molecule has 5 heteroatoms. The van der Waals surface area contributed by atoms with E-state index in [1.165, 1.54) is 24.3 Å². The highest BCUT2D eigenvalue weighted by Gasteiger charge is 2.28. The van der Waals surface area contributed by atoms with Crippen molar-refractivity contribution in [3.05, 3.63) is 46.9 Å². The average molecular weight is 267 g/mol. The van der Waals surface area contributed by atoms with Gasteiger partial charge in [-0.25, -0.2) is 18.7 Å². The summed E-state index contributed by atoms with van der Waals surface area (Å²) >= 11 is 5.88. The summed E-state index contributed by atoms with van der Waals surface area (Å²) in [5.41, 5.74) is 0.0520. The molecule has 1 aliphatic carbocycles. The Morgan fingerprint density at radius 1 is 1.11 bits per heavy atom. The van der Waals surface area contributed by atoms with Crippen molar-refractivity contribution in [2.24, 2.45) is 0 Å². The summed E-state index contributed by atoms with van der Waals surface area (Å²) in [6, 6.07) is 5.10. The van der Waals surface area contributed by atoms with E-state index in [9.17, 15) is 8.78 Å². The molecule has 1 aromatic carbocycles. The molecule has 1 saturated carbocycles. The smallest absolute Gasteiger partial charge is 0.135 e. The molecule has 2 nitrogen and oxygen atoms in total. The van der Waals surface area contributed by atoms with Crippen LogP contribution in [0.3, 0.4) is 0 Å². The van der Waals surface area contributed by atoms with Gasteiger partial charge in [0.25, 0.3) is 0 Å². The van der Waals surface area contributed by atoms with E-state index in [0.717, 1.165) is 12.8 Å². The fraction of sp³-hybridized carbons (Fsp3) is 0.231. The van der Waals surface area contributed by atoms with Crippen molar-refractivity contribution in [3.8, 4) is 11.3 Å². The normalized spacial score (nSPS) is 14.8. The topological polar surface area (TPSA) is 25.8 Å². The second kappa shape index (κ2) is 4.28. The second-order valence-electron chi connectivity index (χ2n) is 4.31. The zero-order valence-electron chi connectivity index (χ0n) is 9.33. The highest BCUT2D eigenvalue weighted by atomic mass is 35.5. The van der Waals surface area contributed by atoms with Gasteiger partial charge in [-0.3, -0.25) is 0 Å². The van der Waals surface area contributed by atoms with Crippen LogP contribution in [0.25, 0.3) is 11.3 Å². The van der Waals surface area contributed by atoms with Crippen molar-refractivity contribution < 1.29 is 8.78 Å². The molecule has 1 aromatic heterocycles. The lowest BCUT2D eigenvalue weighted by atomic mass is 10.1. The molecule has 0 amide bonds. The fourth-order valence-electron chi connectivity index (χ4n) is 1.83. The Bertz CT molecular complexity index is 592. The molecule has 3 rings (SSSR count). The predicted octanol–water partition coefficient (Wildman–Crippen LogP) is 3.95. The van der Waals surface area contributed by atoms with Gasteiger partial charge in [-0.2, -0.15) is 0 Å². The molecule has 18 heavy (non-hydrogen) atoms. The van der Waals surface area contributed by atoms with Crippen LogP contribution >= 0.6 is 11.6 Å². The summed E-state index contributed by atoms with van der Waals surface area (Å²) in [7, 11) is 0. The molecule has 0 atom stereocenters. The van der Waals surface area contributed by atoms with Gasteiger partial charge in [0.15, 0.2) is 0 Å². The highest BCUT2D eigenvalue weighted by molar-refractivity contribution is 6.29. The molecule has 2 aromatic rings. The second-order valence-corrected chi connectivity index (χ2v) is 4.69. The third kappa shape index (κ3) is 2.08. The molecule has 0 N–H and O–H groups in total. The lowest BCUT2D eigenvalue weighted by Gasteiger charge is -2.06. The molecular weight excluding hydrogens is 258 g/mol. The van der Waals surface area contributed by atoms with Gasteiger partial charge in [0.2, 0.25) is 0 Å². The van der Waals surface area contributed by atoms with Crippen molar-refractivity contribution in [1.82, 2.24) is 9.97 Å². The summed E-state index contributed by atoms with van der Waals surface area (Å²) in [4.78, 5) is 8.30. The van der Waals surface area contributed by atoms with Crippen LogP contribution in [0.4, 0.5) is 8.78 Å². The standard InChI is InChI=1S/C13H9ClF2N2/c14-11-6-10(17-13(18-11)7-4-5-7)12-8(15)2-1-3-9(12)16/h1-3,6-7H,4-5H2. The van der Waals surface area contributed by atoms with Gasteiger partial charge in [0.1, 0.15) is 22.6 Å². The van der Waals surface area contributed by atoms with Gasteiger partial charge >= 0.3 is 0 Å². The quantitative estimate of drug-likeness (QED) is 0.769. The molecule has 0 aliphatic heterocycles.